The molecule has 0 aromatic carbocycles. The molecule has 2 heterocycles. The van der Waals surface area contributed by atoms with Gasteiger partial charge in [-0.05, 0) is 25.8 Å². The molecular weight excluding hydrogens is 250 g/mol. The summed E-state index contributed by atoms with van der Waals surface area (Å²) in [6, 6.07) is 2.35. The van der Waals surface area contributed by atoms with Crippen molar-refractivity contribution < 1.29 is 9.90 Å². The van der Waals surface area contributed by atoms with Crippen LogP contribution >= 0.6 is 11.3 Å². The maximum atomic E-state index is 11.0. The van der Waals surface area contributed by atoms with Gasteiger partial charge in [-0.2, -0.15) is 0 Å². The van der Waals surface area contributed by atoms with Gasteiger partial charge in [0.1, 0.15) is 23.5 Å². The van der Waals surface area contributed by atoms with Crippen LogP contribution < -0.4 is 4.90 Å². The standard InChI is InChI=1S/C12H13N3O2S/c1-7-4-9-11(13-6-14-12(9)18-7)15(5-10(16)17)8-2-3-8/h4,6,8H,2-3,5H2,1H3,(H,16,17). The normalized spacial score (nSPS) is 14.9. The van der Waals surface area contributed by atoms with Crippen LogP contribution in [-0.2, 0) is 4.79 Å². The molecule has 0 bridgehead atoms. The summed E-state index contributed by atoms with van der Waals surface area (Å²) >= 11 is 1.61. The molecule has 3 rings (SSSR count). The summed E-state index contributed by atoms with van der Waals surface area (Å²) in [5.74, 6) is -0.0603. The SMILES string of the molecule is Cc1cc2c(N(CC(=O)O)C3CC3)ncnc2s1. The van der Waals surface area contributed by atoms with Gasteiger partial charge in [-0.25, -0.2) is 9.97 Å². The molecule has 0 amide bonds. The van der Waals surface area contributed by atoms with Crippen LogP contribution in [0.2, 0.25) is 0 Å². The summed E-state index contributed by atoms with van der Waals surface area (Å²) in [7, 11) is 0. The number of hydrogen-bond acceptors (Lipinski definition) is 5. The Hall–Kier alpha value is -1.69. The maximum Gasteiger partial charge on any atom is 0.323 e. The van der Waals surface area contributed by atoms with Crippen molar-refractivity contribution in [1.82, 2.24) is 9.97 Å². The third kappa shape index (κ3) is 2.03. The molecule has 2 aromatic heterocycles. The average molecular weight is 263 g/mol. The zero-order chi connectivity index (χ0) is 12.7. The predicted octanol–water partition coefficient (Wildman–Crippen LogP) is 2.05. The average Bonchev–Trinajstić information content (AvgIpc) is 3.06. The highest BCUT2D eigenvalue weighted by Gasteiger charge is 2.32. The van der Waals surface area contributed by atoms with Crippen molar-refractivity contribution in [2.75, 3.05) is 11.4 Å². The summed E-state index contributed by atoms with van der Waals surface area (Å²) in [4.78, 5) is 23.5. The van der Waals surface area contributed by atoms with Crippen LogP contribution in [0.1, 0.15) is 17.7 Å². The van der Waals surface area contributed by atoms with Gasteiger partial charge < -0.3 is 10.0 Å². The number of rotatable bonds is 4. The number of anilines is 1. The summed E-state index contributed by atoms with van der Waals surface area (Å²) < 4.78 is 0. The number of nitrogens with zero attached hydrogens (tertiary/aromatic N) is 3. The first-order valence-corrected chi connectivity index (χ1v) is 6.66. The van der Waals surface area contributed by atoms with E-state index >= 15 is 0 Å². The molecule has 1 saturated carbocycles. The number of carboxylic acids is 1. The van der Waals surface area contributed by atoms with E-state index in [0.29, 0.717) is 6.04 Å². The molecule has 6 heteroatoms. The number of hydrogen-bond donors (Lipinski definition) is 1. The Bertz CT molecular complexity index is 606. The van der Waals surface area contributed by atoms with Crippen LogP contribution in [0.25, 0.3) is 10.2 Å². The number of aromatic nitrogens is 2. The summed E-state index contributed by atoms with van der Waals surface area (Å²) in [6.07, 6.45) is 3.61. The van der Waals surface area contributed by atoms with E-state index in [4.69, 9.17) is 5.11 Å². The Kier molecular flexibility index (Phi) is 2.66. The van der Waals surface area contributed by atoms with Gasteiger partial charge in [0.05, 0.1) is 5.39 Å². The van der Waals surface area contributed by atoms with E-state index in [2.05, 4.69) is 9.97 Å². The minimum Gasteiger partial charge on any atom is -0.480 e. The van der Waals surface area contributed by atoms with Crippen molar-refractivity contribution >= 4 is 33.3 Å². The molecule has 0 unspecified atom stereocenters. The van der Waals surface area contributed by atoms with Gasteiger partial charge in [0, 0.05) is 10.9 Å². The number of fused-ring (bicyclic) bond motifs is 1. The van der Waals surface area contributed by atoms with Crippen molar-refractivity contribution in [2.24, 2.45) is 0 Å². The number of aliphatic carboxylic acids is 1. The van der Waals surface area contributed by atoms with E-state index in [1.54, 1.807) is 11.3 Å². The number of thiophene rings is 1. The molecule has 1 N–H and O–H groups in total. The van der Waals surface area contributed by atoms with Gasteiger partial charge in [-0.15, -0.1) is 11.3 Å². The van der Waals surface area contributed by atoms with Crippen LogP contribution in [0.3, 0.4) is 0 Å². The van der Waals surface area contributed by atoms with Crippen LogP contribution in [0, 0.1) is 6.92 Å². The lowest BCUT2D eigenvalue weighted by molar-refractivity contribution is -0.135. The Morgan fingerprint density at radius 1 is 1.56 bits per heavy atom. The highest BCUT2D eigenvalue weighted by atomic mass is 32.1. The van der Waals surface area contributed by atoms with Crippen LogP contribution in [0.5, 0.6) is 0 Å². The number of carbonyl (C=O) groups is 1. The van der Waals surface area contributed by atoms with E-state index in [1.165, 1.54) is 6.33 Å². The minimum absolute atomic E-state index is 0.00563. The lowest BCUT2D eigenvalue weighted by Crippen LogP contribution is -2.32. The molecule has 0 radical (unpaired) electrons. The molecule has 0 atom stereocenters. The van der Waals surface area contributed by atoms with E-state index in [0.717, 1.165) is 33.8 Å². The summed E-state index contributed by atoms with van der Waals surface area (Å²) in [5, 5.41) is 9.98. The highest BCUT2D eigenvalue weighted by Crippen LogP contribution is 2.35. The van der Waals surface area contributed by atoms with Crippen molar-refractivity contribution in [2.45, 2.75) is 25.8 Å². The number of aryl methyl sites for hydroxylation is 1. The third-order valence-corrected chi connectivity index (χ3v) is 3.96. The van der Waals surface area contributed by atoms with Crippen LogP contribution in [0.4, 0.5) is 5.82 Å². The minimum atomic E-state index is -0.819. The fraction of sp³-hybridized carbons (Fsp3) is 0.417. The molecule has 5 nitrogen and oxygen atoms in total. The van der Waals surface area contributed by atoms with Crippen molar-refractivity contribution in [3.63, 3.8) is 0 Å². The summed E-state index contributed by atoms with van der Waals surface area (Å²) in [6.45, 7) is 2.03. The van der Waals surface area contributed by atoms with E-state index in [9.17, 15) is 4.79 Å². The molecule has 1 fully saturated rings. The first-order valence-electron chi connectivity index (χ1n) is 5.85. The van der Waals surface area contributed by atoms with Gasteiger partial charge >= 0.3 is 5.97 Å². The monoisotopic (exact) mass is 263 g/mol. The molecule has 1 aliphatic carbocycles. The van der Waals surface area contributed by atoms with Crippen molar-refractivity contribution in [3.8, 4) is 0 Å². The van der Waals surface area contributed by atoms with Crippen LogP contribution in [0.15, 0.2) is 12.4 Å². The third-order valence-electron chi connectivity index (χ3n) is 3.00. The molecule has 94 valence electrons. The lowest BCUT2D eigenvalue weighted by atomic mass is 10.3. The van der Waals surface area contributed by atoms with Gasteiger partial charge in [-0.1, -0.05) is 0 Å². The molecule has 0 saturated heterocycles. The highest BCUT2D eigenvalue weighted by molar-refractivity contribution is 7.18. The lowest BCUT2D eigenvalue weighted by Gasteiger charge is -2.21. The molecule has 0 aliphatic heterocycles. The first-order chi connectivity index (χ1) is 8.65. The maximum absolute atomic E-state index is 11.0. The Morgan fingerprint density at radius 3 is 3.00 bits per heavy atom. The van der Waals surface area contributed by atoms with E-state index < -0.39 is 5.97 Å². The fourth-order valence-corrected chi connectivity index (χ4v) is 2.94. The predicted molar refractivity (Wildman–Crippen MR) is 70.2 cm³/mol. The second-order valence-electron chi connectivity index (χ2n) is 4.53. The van der Waals surface area contributed by atoms with Gasteiger partial charge in [0.15, 0.2) is 0 Å². The largest absolute Gasteiger partial charge is 0.480 e. The van der Waals surface area contributed by atoms with Crippen molar-refractivity contribution in [3.05, 3.63) is 17.3 Å². The molecule has 2 aromatic rings. The smallest absolute Gasteiger partial charge is 0.323 e. The Labute approximate surface area is 108 Å². The first kappa shape index (κ1) is 11.4. The second-order valence-corrected chi connectivity index (χ2v) is 5.76. The molecular formula is C12H13N3O2S. The molecule has 18 heavy (non-hydrogen) atoms. The number of carboxylic acid groups (broad SMARTS) is 1. The fourth-order valence-electron chi connectivity index (χ4n) is 2.10. The van der Waals surface area contributed by atoms with Crippen LogP contribution in [-0.4, -0.2) is 33.6 Å². The quantitative estimate of drug-likeness (QED) is 0.914. The van der Waals surface area contributed by atoms with Gasteiger partial charge in [-0.3, -0.25) is 4.79 Å². The Balaban J connectivity index is 2.07. The van der Waals surface area contributed by atoms with Gasteiger partial charge in [0.25, 0.3) is 0 Å². The van der Waals surface area contributed by atoms with Gasteiger partial charge in [0.2, 0.25) is 0 Å². The zero-order valence-corrected chi connectivity index (χ0v) is 10.8. The Morgan fingerprint density at radius 2 is 2.33 bits per heavy atom. The zero-order valence-electron chi connectivity index (χ0n) is 9.96. The van der Waals surface area contributed by atoms with E-state index in [-0.39, 0.29) is 6.54 Å². The summed E-state index contributed by atoms with van der Waals surface area (Å²) in [5.41, 5.74) is 0. The van der Waals surface area contributed by atoms with E-state index in [1.807, 2.05) is 17.9 Å². The second kappa shape index (κ2) is 4.20. The van der Waals surface area contributed by atoms with Crippen molar-refractivity contribution in [1.29, 1.82) is 0 Å². The molecule has 0 spiro atoms. The topological polar surface area (TPSA) is 66.3 Å². The molecule has 1 aliphatic rings.